The molecule has 11 atom stereocenters. The molecule has 14 nitrogen and oxygen atoms in total. The van der Waals surface area contributed by atoms with E-state index in [1.54, 1.807) is 43.2 Å². The van der Waals surface area contributed by atoms with Crippen molar-refractivity contribution in [3.63, 3.8) is 0 Å². The average molecular weight is 817 g/mol. The number of rotatable bonds is 22. The first-order chi connectivity index (χ1) is 27.4. The van der Waals surface area contributed by atoms with Crippen molar-refractivity contribution in [1.29, 1.82) is 0 Å². The van der Waals surface area contributed by atoms with Crippen molar-refractivity contribution >= 4 is 29.4 Å². The fourth-order valence-corrected chi connectivity index (χ4v) is 9.28. The molecular weight excluding hydrogens is 741 g/mol. The van der Waals surface area contributed by atoms with E-state index in [-0.39, 0.29) is 54.5 Å². The molecule has 14 heteroatoms. The summed E-state index contributed by atoms with van der Waals surface area (Å²) in [5.74, 6) is -1.50. The summed E-state index contributed by atoms with van der Waals surface area (Å²) in [4.78, 5) is 60.6. The number of amides is 3. The number of nitrogens with two attached hydrogens (primary N) is 1. The van der Waals surface area contributed by atoms with Gasteiger partial charge in [0, 0.05) is 45.5 Å². The van der Waals surface area contributed by atoms with Gasteiger partial charge in [0.25, 0.3) is 0 Å². The van der Waals surface area contributed by atoms with Crippen LogP contribution < -0.4 is 16.4 Å². The quantitative estimate of drug-likeness (QED) is 0.0761. The van der Waals surface area contributed by atoms with Crippen molar-refractivity contribution in [2.75, 3.05) is 54.2 Å². The molecule has 0 aromatic heterocycles. The minimum absolute atomic E-state index is 0.0232. The number of hydrogen-bond donors (Lipinski definition) is 4. The Morgan fingerprint density at radius 2 is 1.69 bits per heavy atom. The minimum atomic E-state index is -1.05. The average Bonchev–Trinajstić information content (AvgIpc) is 3.80. The maximum absolute atomic E-state index is 14.3. The highest BCUT2D eigenvalue weighted by atomic mass is 16.5. The lowest BCUT2D eigenvalue weighted by Gasteiger charge is -2.44. The Morgan fingerprint density at radius 3 is 2.24 bits per heavy atom. The van der Waals surface area contributed by atoms with E-state index < -0.39 is 47.9 Å². The number of benzene rings is 1. The number of methoxy groups -OCH3 is 3. The highest BCUT2D eigenvalue weighted by Gasteiger charge is 2.48. The number of carbonyl (C=O) groups is 4. The van der Waals surface area contributed by atoms with Crippen LogP contribution in [0.1, 0.15) is 99.0 Å². The zero-order valence-corrected chi connectivity index (χ0v) is 37.5. The van der Waals surface area contributed by atoms with Crippen LogP contribution in [0.25, 0.3) is 0 Å². The second-order valence-electron chi connectivity index (χ2n) is 17.5. The monoisotopic (exact) mass is 817 g/mol. The summed E-state index contributed by atoms with van der Waals surface area (Å²) in [5, 5.41) is 18.2. The zero-order valence-electron chi connectivity index (χ0n) is 37.5. The van der Waals surface area contributed by atoms with Crippen LogP contribution in [-0.4, -0.2) is 140 Å². The summed E-state index contributed by atoms with van der Waals surface area (Å²) < 4.78 is 17.1. The van der Waals surface area contributed by atoms with Gasteiger partial charge in [-0.3, -0.25) is 24.2 Å². The van der Waals surface area contributed by atoms with Gasteiger partial charge < -0.3 is 40.6 Å². The molecule has 1 aromatic carbocycles. The van der Waals surface area contributed by atoms with Crippen LogP contribution in [0.5, 0.6) is 0 Å². The van der Waals surface area contributed by atoms with Crippen LogP contribution >= 0.6 is 0 Å². The first-order valence-corrected chi connectivity index (χ1v) is 21.4. The molecule has 2 aliphatic heterocycles. The van der Waals surface area contributed by atoms with Crippen LogP contribution in [0.15, 0.2) is 24.3 Å². The molecule has 330 valence electrons. The highest BCUT2D eigenvalue weighted by molar-refractivity contribution is 5.87. The summed E-state index contributed by atoms with van der Waals surface area (Å²) >= 11 is 0. The third-order valence-electron chi connectivity index (χ3n) is 13.2. The topological polar surface area (TPSA) is 176 Å². The van der Waals surface area contributed by atoms with Gasteiger partial charge in [-0.2, -0.15) is 0 Å². The van der Waals surface area contributed by atoms with Crippen molar-refractivity contribution in [1.82, 2.24) is 25.3 Å². The summed E-state index contributed by atoms with van der Waals surface area (Å²) in [7, 11) is 8.25. The van der Waals surface area contributed by atoms with Crippen molar-refractivity contribution < 1.29 is 38.5 Å². The molecule has 0 bridgehead atoms. The Hall–Kier alpha value is -3.30. The minimum Gasteiger partial charge on any atom is -0.467 e. The number of likely N-dealkylation sites (tertiary alicyclic amines) is 2. The van der Waals surface area contributed by atoms with Crippen LogP contribution in [0.3, 0.4) is 0 Å². The molecular formula is C44H76N6O8. The number of aliphatic hydroxyl groups excluding tert-OH is 1. The van der Waals surface area contributed by atoms with Gasteiger partial charge in [-0.05, 0) is 82.2 Å². The van der Waals surface area contributed by atoms with E-state index in [2.05, 4.69) is 36.3 Å². The summed E-state index contributed by atoms with van der Waals surface area (Å²) in [6, 6.07) is 4.82. The number of hydrogen-bond acceptors (Lipinski definition) is 11. The van der Waals surface area contributed by atoms with E-state index in [0.717, 1.165) is 44.2 Å². The Bertz CT molecular complexity index is 1480. The number of likely N-dealkylation sites (N-methyl/N-ethyl adjacent to an activating group) is 2. The van der Waals surface area contributed by atoms with Crippen LogP contribution in [0.2, 0.25) is 0 Å². The van der Waals surface area contributed by atoms with Gasteiger partial charge >= 0.3 is 5.97 Å². The van der Waals surface area contributed by atoms with Crippen molar-refractivity contribution in [3.05, 3.63) is 29.8 Å². The number of aliphatic hydroxyl groups is 1. The van der Waals surface area contributed by atoms with E-state index in [9.17, 15) is 24.3 Å². The summed E-state index contributed by atoms with van der Waals surface area (Å²) in [5.41, 5.74) is 6.56. The van der Waals surface area contributed by atoms with E-state index in [4.69, 9.17) is 19.9 Å². The molecule has 3 unspecified atom stereocenters. The predicted molar refractivity (Wildman–Crippen MR) is 226 cm³/mol. The van der Waals surface area contributed by atoms with Crippen molar-refractivity contribution in [2.24, 2.45) is 23.7 Å². The second-order valence-corrected chi connectivity index (χ2v) is 17.5. The largest absolute Gasteiger partial charge is 0.467 e. The van der Waals surface area contributed by atoms with E-state index in [0.29, 0.717) is 24.6 Å². The van der Waals surface area contributed by atoms with Gasteiger partial charge in [0.05, 0.1) is 49.3 Å². The van der Waals surface area contributed by atoms with E-state index in [1.807, 2.05) is 39.8 Å². The van der Waals surface area contributed by atoms with E-state index >= 15 is 0 Å². The van der Waals surface area contributed by atoms with Gasteiger partial charge in [0.2, 0.25) is 17.7 Å². The first kappa shape index (κ1) is 49.1. The normalized spacial score (nSPS) is 24.2. The van der Waals surface area contributed by atoms with Crippen LogP contribution in [0, 0.1) is 23.7 Å². The number of esters is 1. The fourth-order valence-electron chi connectivity index (χ4n) is 9.28. The molecule has 2 aliphatic rings. The van der Waals surface area contributed by atoms with Gasteiger partial charge in [0.15, 0.2) is 0 Å². The third-order valence-corrected chi connectivity index (χ3v) is 13.2. The highest BCUT2D eigenvalue weighted by Crippen LogP contribution is 2.35. The van der Waals surface area contributed by atoms with Crippen LogP contribution in [0.4, 0.5) is 5.69 Å². The van der Waals surface area contributed by atoms with Gasteiger partial charge in [0.1, 0.15) is 12.3 Å². The molecule has 2 heterocycles. The lowest BCUT2D eigenvalue weighted by atomic mass is 9.88. The number of ether oxygens (including phenoxy) is 3. The number of carbonyl (C=O) groups excluding carboxylic acids is 4. The van der Waals surface area contributed by atoms with Gasteiger partial charge in [-0.15, -0.1) is 0 Å². The molecule has 2 fully saturated rings. The SMILES string of the molecule is CCCC1CN(C)[C@@](C)(C(=O)N[C@@H](C(C)C)C(O)N(C)[C@@H]([C@@H](C)CC)[C@@H](CC(=O)N2CCCC2[C@H](OC)[C@@H](C)C(=O)N[C@@H](Cc2ccc(N)cc2)C(=O)OC)OC)C1. The first-order valence-electron chi connectivity index (χ1n) is 21.4. The molecule has 3 rings (SSSR count). The molecule has 0 spiro atoms. The molecule has 2 saturated heterocycles. The molecule has 5 N–H and O–H groups in total. The smallest absolute Gasteiger partial charge is 0.328 e. The standard InChI is InChI=1S/C44H76N6O8/c1-13-16-31-25-44(7,48(8)26-31)43(55)47-37(27(3)4)41(53)49(9)38(28(5)14-2)35(56-10)24-36(51)50-22-15-17-34(50)39(57-11)29(6)40(52)46-33(42(54)58-12)23-30-18-20-32(45)21-19-30/h18-21,27-29,31,33-35,37-39,41,53H,13-17,22-26,45H2,1-12H3,(H,46,52)(H,47,55)/t28-,29+,31?,33-,34?,35+,37-,38-,39+,41?,44+/m0/s1. The number of anilines is 1. The molecule has 0 saturated carbocycles. The number of nitrogen functional groups attached to an aromatic ring is 1. The van der Waals surface area contributed by atoms with E-state index in [1.165, 1.54) is 14.2 Å². The predicted octanol–water partition coefficient (Wildman–Crippen LogP) is 3.83. The lowest BCUT2D eigenvalue weighted by Crippen LogP contribution is -2.63. The number of nitrogens with one attached hydrogen (secondary N) is 2. The number of nitrogens with zero attached hydrogens (tertiary/aromatic N) is 3. The molecule has 58 heavy (non-hydrogen) atoms. The molecule has 1 aromatic rings. The molecule has 0 radical (unpaired) electrons. The zero-order chi connectivity index (χ0) is 43.5. The molecule has 0 aliphatic carbocycles. The van der Waals surface area contributed by atoms with Gasteiger partial charge in [-0.25, -0.2) is 4.79 Å². The molecule has 3 amide bonds. The third kappa shape index (κ3) is 11.9. The van der Waals surface area contributed by atoms with Gasteiger partial charge in [-0.1, -0.05) is 66.5 Å². The van der Waals surface area contributed by atoms with Crippen molar-refractivity contribution in [3.8, 4) is 0 Å². The Kier molecular flexibility index (Phi) is 18.9. The lowest BCUT2D eigenvalue weighted by molar-refractivity contribution is -0.148. The summed E-state index contributed by atoms with van der Waals surface area (Å²) in [6.45, 7) is 15.4. The fraction of sp³-hybridized carbons (Fsp3) is 0.773. The Morgan fingerprint density at radius 1 is 1.03 bits per heavy atom. The second kappa shape index (κ2) is 22.3. The van der Waals surface area contributed by atoms with Crippen molar-refractivity contribution in [2.45, 2.75) is 148 Å². The Balaban J connectivity index is 1.77. The van der Waals surface area contributed by atoms with Crippen LogP contribution in [-0.2, 0) is 39.8 Å². The maximum Gasteiger partial charge on any atom is 0.328 e. The summed E-state index contributed by atoms with van der Waals surface area (Å²) in [6.07, 6.45) is 3.04. The maximum atomic E-state index is 14.3. The Labute approximate surface area is 348 Å².